The summed E-state index contributed by atoms with van der Waals surface area (Å²) >= 11 is 0. The molecule has 3 rings (SSSR count). The molecule has 0 aliphatic heterocycles. The van der Waals surface area contributed by atoms with Gasteiger partial charge in [-0.3, -0.25) is 9.59 Å². The summed E-state index contributed by atoms with van der Waals surface area (Å²) in [6, 6.07) is 16.9. The number of hydrogen-bond acceptors (Lipinski definition) is 5. The van der Waals surface area contributed by atoms with Crippen molar-refractivity contribution in [1.29, 1.82) is 0 Å². The lowest BCUT2D eigenvalue weighted by molar-refractivity contribution is -0.155. The molecule has 1 amide bonds. The Bertz CT molecular complexity index is 889. The van der Waals surface area contributed by atoms with Gasteiger partial charge in [-0.05, 0) is 24.1 Å². The number of nitrogens with one attached hydrogen (secondary N) is 1. The molecule has 6 nitrogen and oxygen atoms in total. The normalized spacial score (nSPS) is 11.9. The van der Waals surface area contributed by atoms with E-state index in [9.17, 15) is 9.59 Å². The average molecular weight is 352 g/mol. The lowest BCUT2D eigenvalue weighted by Crippen LogP contribution is -2.37. The molecule has 1 aromatic heterocycles. The van der Waals surface area contributed by atoms with Crippen LogP contribution < -0.4 is 5.32 Å². The van der Waals surface area contributed by atoms with Gasteiger partial charge in [0.2, 0.25) is 0 Å². The van der Waals surface area contributed by atoms with Crippen molar-refractivity contribution in [1.82, 2.24) is 10.5 Å². The van der Waals surface area contributed by atoms with Crippen LogP contribution in [0.5, 0.6) is 0 Å². The van der Waals surface area contributed by atoms with Gasteiger partial charge in [0.05, 0.1) is 6.42 Å². The lowest BCUT2D eigenvalue weighted by atomic mass is 10.2. The van der Waals surface area contributed by atoms with E-state index >= 15 is 0 Å². The summed E-state index contributed by atoms with van der Waals surface area (Å²) in [5.74, 6) is -0.819. The molecular weight excluding hydrogens is 332 g/mol. The van der Waals surface area contributed by atoms with E-state index in [2.05, 4.69) is 10.5 Å². The molecule has 134 valence electrons. The van der Waals surface area contributed by atoms with Gasteiger partial charge in [0, 0.05) is 11.9 Å². The number of ether oxygens (including phenoxy) is 1. The van der Waals surface area contributed by atoms with Gasteiger partial charge in [-0.15, -0.1) is 0 Å². The molecule has 26 heavy (non-hydrogen) atoms. The minimum atomic E-state index is -0.829. The number of esters is 1. The number of nitrogens with zero attached hydrogens (tertiary/aromatic N) is 1. The first-order chi connectivity index (χ1) is 12.7. The first kappa shape index (κ1) is 17.7. The molecule has 1 unspecified atom stereocenters. The Labute approximate surface area is 151 Å². The molecule has 6 heteroatoms. The van der Waals surface area contributed by atoms with Crippen LogP contribution >= 0.6 is 0 Å². The van der Waals surface area contributed by atoms with Crippen LogP contribution in [-0.2, 0) is 27.3 Å². The van der Waals surface area contributed by atoms with Gasteiger partial charge in [-0.25, -0.2) is 0 Å². The van der Waals surface area contributed by atoms with Gasteiger partial charge in [0.1, 0.15) is 5.69 Å². The number of hydrogen-bond donors (Lipinski definition) is 1. The van der Waals surface area contributed by atoms with Crippen molar-refractivity contribution < 1.29 is 18.8 Å². The number of carbonyl (C=O) groups is 2. The minimum Gasteiger partial charge on any atom is -0.452 e. The Balaban J connectivity index is 1.56. The Morgan fingerprint density at radius 1 is 1.12 bits per heavy atom. The molecule has 0 saturated carbocycles. The zero-order valence-corrected chi connectivity index (χ0v) is 14.5. The van der Waals surface area contributed by atoms with Crippen LogP contribution in [0.1, 0.15) is 24.6 Å². The predicted octanol–water partition coefficient (Wildman–Crippen LogP) is 3.01. The highest BCUT2D eigenvalue weighted by atomic mass is 16.5. The molecule has 0 aliphatic carbocycles. The monoisotopic (exact) mass is 352 g/mol. The fourth-order valence-corrected chi connectivity index (χ4v) is 2.62. The molecule has 0 spiro atoms. The van der Waals surface area contributed by atoms with Crippen molar-refractivity contribution in [3.8, 4) is 0 Å². The quantitative estimate of drug-likeness (QED) is 0.661. The standard InChI is InChI=1S/C20H20N2O4/c1-2-17(20(24)21-13-14-8-4-3-5-9-14)25-19(23)12-16-15-10-6-7-11-18(15)26-22-16/h3-11,17H,2,12-13H2,1H3,(H,21,24). The van der Waals surface area contributed by atoms with Crippen LogP contribution in [0.3, 0.4) is 0 Å². The molecule has 0 bridgehead atoms. The molecular formula is C20H20N2O4. The average Bonchev–Trinajstić information content (AvgIpc) is 3.08. The van der Waals surface area contributed by atoms with Gasteiger partial charge in [0.25, 0.3) is 5.91 Å². The summed E-state index contributed by atoms with van der Waals surface area (Å²) in [6.45, 7) is 2.19. The summed E-state index contributed by atoms with van der Waals surface area (Å²) in [5, 5.41) is 7.48. The molecule has 0 aliphatic rings. The van der Waals surface area contributed by atoms with Crippen LogP contribution in [-0.4, -0.2) is 23.1 Å². The Morgan fingerprint density at radius 3 is 2.62 bits per heavy atom. The number of para-hydroxylation sites is 1. The Hall–Kier alpha value is -3.15. The first-order valence-electron chi connectivity index (χ1n) is 8.51. The fraction of sp³-hybridized carbons (Fsp3) is 0.250. The van der Waals surface area contributed by atoms with E-state index in [-0.39, 0.29) is 12.3 Å². The Kier molecular flexibility index (Phi) is 5.63. The highest BCUT2D eigenvalue weighted by Gasteiger charge is 2.22. The number of benzene rings is 2. The second kappa shape index (κ2) is 8.29. The van der Waals surface area contributed by atoms with E-state index in [0.29, 0.717) is 24.2 Å². The Morgan fingerprint density at radius 2 is 1.85 bits per heavy atom. The smallest absolute Gasteiger partial charge is 0.312 e. The zero-order valence-electron chi connectivity index (χ0n) is 14.5. The van der Waals surface area contributed by atoms with E-state index in [4.69, 9.17) is 9.26 Å². The molecule has 1 N–H and O–H groups in total. The van der Waals surface area contributed by atoms with E-state index in [0.717, 1.165) is 10.9 Å². The van der Waals surface area contributed by atoms with Gasteiger partial charge in [-0.1, -0.05) is 54.5 Å². The topological polar surface area (TPSA) is 81.4 Å². The van der Waals surface area contributed by atoms with E-state index in [1.165, 1.54) is 0 Å². The van der Waals surface area contributed by atoms with Crippen molar-refractivity contribution in [3.63, 3.8) is 0 Å². The first-order valence-corrected chi connectivity index (χ1v) is 8.51. The number of aromatic nitrogens is 1. The number of amides is 1. The van der Waals surface area contributed by atoms with Crippen LogP contribution in [0.4, 0.5) is 0 Å². The van der Waals surface area contributed by atoms with E-state index in [1.807, 2.05) is 48.5 Å². The van der Waals surface area contributed by atoms with Crippen molar-refractivity contribution in [2.24, 2.45) is 0 Å². The summed E-state index contributed by atoms with van der Waals surface area (Å²) in [5.41, 5.74) is 2.10. The number of fused-ring (bicyclic) bond motifs is 1. The number of carbonyl (C=O) groups excluding carboxylic acids is 2. The third kappa shape index (κ3) is 4.27. The van der Waals surface area contributed by atoms with Crippen molar-refractivity contribution >= 4 is 22.8 Å². The molecule has 0 radical (unpaired) electrons. The SMILES string of the molecule is CCC(OC(=O)Cc1noc2ccccc12)C(=O)NCc1ccccc1. The van der Waals surface area contributed by atoms with Crippen LogP contribution in [0, 0.1) is 0 Å². The van der Waals surface area contributed by atoms with Crippen molar-refractivity contribution in [2.45, 2.75) is 32.4 Å². The van der Waals surface area contributed by atoms with Crippen LogP contribution in [0.2, 0.25) is 0 Å². The van der Waals surface area contributed by atoms with Crippen LogP contribution in [0.15, 0.2) is 59.1 Å². The maximum absolute atomic E-state index is 12.3. The van der Waals surface area contributed by atoms with Gasteiger partial charge >= 0.3 is 5.97 Å². The summed E-state index contributed by atoms with van der Waals surface area (Å²) in [6.07, 6.45) is -0.477. The summed E-state index contributed by atoms with van der Waals surface area (Å²) in [4.78, 5) is 24.5. The fourth-order valence-electron chi connectivity index (χ4n) is 2.62. The third-order valence-corrected chi connectivity index (χ3v) is 4.01. The molecule has 0 fully saturated rings. The maximum atomic E-state index is 12.3. The van der Waals surface area contributed by atoms with E-state index < -0.39 is 12.1 Å². The van der Waals surface area contributed by atoms with Crippen LogP contribution in [0.25, 0.3) is 11.0 Å². The third-order valence-electron chi connectivity index (χ3n) is 4.01. The van der Waals surface area contributed by atoms with Gasteiger partial charge in [0.15, 0.2) is 11.7 Å². The highest BCUT2D eigenvalue weighted by molar-refractivity contribution is 5.86. The minimum absolute atomic E-state index is 0.0422. The molecule has 1 atom stereocenters. The van der Waals surface area contributed by atoms with E-state index in [1.54, 1.807) is 13.0 Å². The lowest BCUT2D eigenvalue weighted by Gasteiger charge is -2.15. The zero-order chi connectivity index (χ0) is 18.4. The molecule has 2 aromatic carbocycles. The van der Waals surface area contributed by atoms with Gasteiger partial charge in [-0.2, -0.15) is 0 Å². The van der Waals surface area contributed by atoms with Crippen molar-refractivity contribution in [3.05, 3.63) is 65.9 Å². The second-order valence-corrected chi connectivity index (χ2v) is 5.89. The molecule has 0 saturated heterocycles. The van der Waals surface area contributed by atoms with Gasteiger partial charge < -0.3 is 14.6 Å². The predicted molar refractivity (Wildman–Crippen MR) is 96.2 cm³/mol. The summed E-state index contributed by atoms with van der Waals surface area (Å²) in [7, 11) is 0. The highest BCUT2D eigenvalue weighted by Crippen LogP contribution is 2.18. The second-order valence-electron chi connectivity index (χ2n) is 5.89. The van der Waals surface area contributed by atoms with Crippen molar-refractivity contribution in [2.75, 3.05) is 0 Å². The number of rotatable bonds is 7. The summed E-state index contributed by atoms with van der Waals surface area (Å²) < 4.78 is 10.5. The molecule has 1 heterocycles. The molecule has 3 aromatic rings. The largest absolute Gasteiger partial charge is 0.452 e. The maximum Gasteiger partial charge on any atom is 0.312 e.